The van der Waals surface area contributed by atoms with Crippen LogP contribution >= 0.6 is 0 Å². The van der Waals surface area contributed by atoms with Crippen molar-refractivity contribution in [2.24, 2.45) is 0 Å². The molecule has 0 aromatic carbocycles. The highest BCUT2D eigenvalue weighted by Gasteiger charge is 2.40. The molecule has 0 saturated heterocycles. The number of pyridine rings is 1. The van der Waals surface area contributed by atoms with Crippen LogP contribution in [-0.2, 0) is 16.8 Å². The summed E-state index contributed by atoms with van der Waals surface area (Å²) in [5, 5.41) is 0. The molecule has 19 heavy (non-hydrogen) atoms. The van der Waals surface area contributed by atoms with E-state index in [0.29, 0.717) is 5.41 Å². The lowest BCUT2D eigenvalue weighted by atomic mass is 10.0. The second-order valence-electron chi connectivity index (χ2n) is 6.76. The highest BCUT2D eigenvalue weighted by atomic mass is 32.2. The molecule has 1 N–H and O–H groups in total. The standard InChI is InChI=1S/C15H24N2OS/c1-11(17-19(18)14(2,3)4)12-6-7-13(16-10-12)15(5)8-9-15/h6-7,10-11,17H,8-9H2,1-5H3/t11-,19?/m0/s1. The smallest absolute Gasteiger partial charge is 0.136 e. The van der Waals surface area contributed by atoms with Gasteiger partial charge in [-0.15, -0.1) is 4.72 Å². The van der Waals surface area contributed by atoms with Gasteiger partial charge in [0.05, 0.1) is 6.04 Å². The summed E-state index contributed by atoms with van der Waals surface area (Å²) in [6, 6.07) is 4.26. The fourth-order valence-corrected chi connectivity index (χ4v) is 2.68. The van der Waals surface area contributed by atoms with Crippen molar-refractivity contribution >= 4 is 11.4 Å². The van der Waals surface area contributed by atoms with E-state index < -0.39 is 11.4 Å². The topological polar surface area (TPSA) is 48.0 Å². The van der Waals surface area contributed by atoms with E-state index >= 15 is 0 Å². The lowest BCUT2D eigenvalue weighted by Gasteiger charge is -2.26. The zero-order valence-corrected chi connectivity index (χ0v) is 13.3. The van der Waals surface area contributed by atoms with Crippen molar-refractivity contribution in [3.8, 4) is 0 Å². The predicted octanol–water partition coefficient (Wildman–Crippen LogP) is 3.25. The highest BCUT2D eigenvalue weighted by molar-refractivity contribution is 7.90. The molecular formula is C15H24N2OS. The van der Waals surface area contributed by atoms with E-state index in [1.807, 2.05) is 33.9 Å². The van der Waals surface area contributed by atoms with Gasteiger partial charge >= 0.3 is 0 Å². The van der Waals surface area contributed by atoms with Crippen molar-refractivity contribution in [2.45, 2.75) is 63.7 Å². The van der Waals surface area contributed by atoms with Crippen LogP contribution in [0, 0.1) is 0 Å². The van der Waals surface area contributed by atoms with Crippen LogP contribution in [0.2, 0.25) is 0 Å². The first-order valence-corrected chi connectivity index (χ1v) is 8.02. The third kappa shape index (κ3) is 3.50. The van der Waals surface area contributed by atoms with Crippen LogP contribution in [0.25, 0.3) is 0 Å². The number of hydrogen-bond donors (Lipinski definition) is 1. The fourth-order valence-electron chi connectivity index (χ4n) is 1.87. The number of rotatable bonds is 4. The SMILES string of the molecule is C[C@H](N[S+]([O-])C(C)(C)C)c1ccc(C2(C)CC2)nc1. The van der Waals surface area contributed by atoms with Crippen LogP contribution in [0.1, 0.15) is 64.8 Å². The maximum atomic E-state index is 12.1. The van der Waals surface area contributed by atoms with E-state index in [1.54, 1.807) is 0 Å². The molecular weight excluding hydrogens is 256 g/mol. The molecule has 1 aromatic rings. The first-order chi connectivity index (χ1) is 8.72. The maximum absolute atomic E-state index is 12.1. The Balaban J connectivity index is 2.01. The molecule has 1 fully saturated rings. The third-order valence-corrected chi connectivity index (χ3v) is 5.42. The van der Waals surface area contributed by atoms with Crippen LogP contribution < -0.4 is 4.72 Å². The van der Waals surface area contributed by atoms with E-state index in [9.17, 15) is 4.55 Å². The quantitative estimate of drug-likeness (QED) is 0.861. The third-order valence-electron chi connectivity index (χ3n) is 3.74. The minimum Gasteiger partial charge on any atom is -0.598 e. The first-order valence-electron chi connectivity index (χ1n) is 6.87. The zero-order chi connectivity index (χ0) is 14.3. The van der Waals surface area contributed by atoms with Crippen molar-refractivity contribution in [1.29, 1.82) is 0 Å². The van der Waals surface area contributed by atoms with Gasteiger partial charge in [-0.3, -0.25) is 4.98 Å². The van der Waals surface area contributed by atoms with Crippen LogP contribution in [0.3, 0.4) is 0 Å². The van der Waals surface area contributed by atoms with E-state index in [0.717, 1.165) is 5.56 Å². The molecule has 1 unspecified atom stereocenters. The molecule has 0 spiro atoms. The van der Waals surface area contributed by atoms with Gasteiger partial charge in [0.25, 0.3) is 0 Å². The second kappa shape index (κ2) is 5.08. The molecule has 0 amide bonds. The predicted molar refractivity (Wildman–Crippen MR) is 80.3 cm³/mol. The molecule has 106 valence electrons. The minimum absolute atomic E-state index is 0.0496. The minimum atomic E-state index is -1.06. The summed E-state index contributed by atoms with van der Waals surface area (Å²) in [6.07, 6.45) is 4.39. The van der Waals surface area contributed by atoms with Crippen molar-refractivity contribution < 1.29 is 4.55 Å². The molecule has 3 nitrogen and oxygen atoms in total. The molecule has 1 saturated carbocycles. The van der Waals surface area contributed by atoms with Gasteiger partial charge < -0.3 is 4.55 Å². The average molecular weight is 280 g/mol. The zero-order valence-electron chi connectivity index (χ0n) is 12.5. The summed E-state index contributed by atoms with van der Waals surface area (Å²) in [6.45, 7) is 10.2. The molecule has 1 aromatic heterocycles. The number of nitrogens with one attached hydrogen (secondary N) is 1. The van der Waals surface area contributed by atoms with Crippen LogP contribution in [0.5, 0.6) is 0 Å². The van der Waals surface area contributed by atoms with Gasteiger partial charge in [0, 0.05) is 28.7 Å². The average Bonchev–Trinajstić information content (AvgIpc) is 3.07. The largest absolute Gasteiger partial charge is 0.598 e. The van der Waals surface area contributed by atoms with Gasteiger partial charge in [-0.05, 0) is 52.2 Å². The highest BCUT2D eigenvalue weighted by Crippen LogP contribution is 2.46. The van der Waals surface area contributed by atoms with Gasteiger partial charge in [-0.25, -0.2) is 0 Å². The molecule has 0 radical (unpaired) electrons. The van der Waals surface area contributed by atoms with Crippen LogP contribution in [0.4, 0.5) is 0 Å². The number of nitrogens with zero attached hydrogens (tertiary/aromatic N) is 1. The Morgan fingerprint density at radius 3 is 2.42 bits per heavy atom. The normalized spacial score (nSPS) is 20.9. The molecule has 1 aliphatic rings. The Morgan fingerprint density at radius 1 is 1.37 bits per heavy atom. The van der Waals surface area contributed by atoms with Crippen molar-refractivity contribution in [1.82, 2.24) is 9.71 Å². The summed E-state index contributed by atoms with van der Waals surface area (Å²) in [7, 11) is 0. The summed E-state index contributed by atoms with van der Waals surface area (Å²) >= 11 is -1.06. The van der Waals surface area contributed by atoms with Crippen molar-refractivity contribution in [3.63, 3.8) is 0 Å². The molecule has 2 atom stereocenters. The number of aromatic nitrogens is 1. The summed E-state index contributed by atoms with van der Waals surface area (Å²) in [4.78, 5) is 4.56. The molecule has 0 aliphatic heterocycles. The molecule has 1 aliphatic carbocycles. The maximum Gasteiger partial charge on any atom is 0.136 e. The van der Waals surface area contributed by atoms with Crippen molar-refractivity contribution in [3.05, 3.63) is 29.6 Å². The summed E-state index contributed by atoms with van der Waals surface area (Å²) in [5.41, 5.74) is 2.58. The van der Waals surface area contributed by atoms with Gasteiger partial charge in [-0.2, -0.15) is 0 Å². The van der Waals surface area contributed by atoms with Crippen molar-refractivity contribution in [2.75, 3.05) is 0 Å². The Kier molecular flexibility index (Phi) is 3.96. The summed E-state index contributed by atoms with van der Waals surface area (Å²) < 4.78 is 15.0. The van der Waals surface area contributed by atoms with E-state index in [4.69, 9.17) is 0 Å². The fraction of sp³-hybridized carbons (Fsp3) is 0.667. The Bertz CT molecular complexity index is 434. The van der Waals surface area contributed by atoms with Gasteiger partial charge in [-0.1, -0.05) is 13.0 Å². The van der Waals surface area contributed by atoms with E-state index in [-0.39, 0.29) is 10.8 Å². The lowest BCUT2D eigenvalue weighted by Crippen LogP contribution is -2.40. The Labute approximate surface area is 119 Å². The lowest BCUT2D eigenvalue weighted by molar-refractivity contribution is 0.531. The van der Waals surface area contributed by atoms with Gasteiger partial charge in [0.1, 0.15) is 4.75 Å². The molecule has 0 bridgehead atoms. The first kappa shape index (κ1) is 14.8. The van der Waals surface area contributed by atoms with E-state index in [1.165, 1.54) is 18.5 Å². The van der Waals surface area contributed by atoms with Crippen LogP contribution in [-0.4, -0.2) is 14.3 Å². The van der Waals surface area contributed by atoms with Gasteiger partial charge in [0.2, 0.25) is 0 Å². The summed E-state index contributed by atoms with van der Waals surface area (Å²) in [5.74, 6) is 0. The van der Waals surface area contributed by atoms with Gasteiger partial charge in [0.15, 0.2) is 0 Å². The monoisotopic (exact) mass is 280 g/mol. The second-order valence-corrected chi connectivity index (χ2v) is 8.76. The Morgan fingerprint density at radius 2 is 2.00 bits per heavy atom. The number of hydrogen-bond acceptors (Lipinski definition) is 3. The Hall–Kier alpha value is -0.580. The molecule has 2 rings (SSSR count). The molecule has 4 heteroatoms. The van der Waals surface area contributed by atoms with Crippen LogP contribution in [0.15, 0.2) is 18.3 Å². The molecule has 1 heterocycles. The van der Waals surface area contributed by atoms with E-state index in [2.05, 4.69) is 28.8 Å².